The van der Waals surface area contributed by atoms with Crippen LogP contribution in [0.4, 0.5) is 5.69 Å². The highest BCUT2D eigenvalue weighted by Crippen LogP contribution is 2.39. The number of rotatable bonds is 8. The van der Waals surface area contributed by atoms with E-state index in [0.29, 0.717) is 20.2 Å². The number of carbonyl (C=O) groups is 1. The van der Waals surface area contributed by atoms with Crippen molar-refractivity contribution in [1.29, 1.82) is 5.26 Å². The second-order valence-electron chi connectivity index (χ2n) is 7.84. The summed E-state index contributed by atoms with van der Waals surface area (Å²) in [4.78, 5) is 12.8. The number of nitrogens with one attached hydrogen (secondary N) is 1. The molecule has 3 rings (SSSR count). The molecular weight excluding hydrogens is 648 g/mol. The molecule has 7 nitrogen and oxygen atoms in total. The summed E-state index contributed by atoms with van der Waals surface area (Å²) in [6, 6.07) is 14.5. The molecule has 3 aromatic rings. The summed E-state index contributed by atoms with van der Waals surface area (Å²) in [6.45, 7) is 5.63. The van der Waals surface area contributed by atoms with Gasteiger partial charge in [-0.3, -0.25) is 4.79 Å². The number of ether oxygens (including phenoxy) is 1. The van der Waals surface area contributed by atoms with E-state index in [-0.39, 0.29) is 33.6 Å². The highest BCUT2D eigenvalue weighted by atomic mass is 79.9. The second kappa shape index (κ2) is 12.1. The molecular formula is C26H21Br2ClN2O5S. The maximum atomic E-state index is 12.9. The van der Waals surface area contributed by atoms with E-state index in [2.05, 4.69) is 37.2 Å². The predicted octanol–water partition coefficient (Wildman–Crippen LogP) is 7.19. The van der Waals surface area contributed by atoms with Crippen molar-refractivity contribution in [1.82, 2.24) is 0 Å². The largest absolute Gasteiger partial charge is 0.490 e. The average Bonchev–Trinajstić information content (AvgIpc) is 2.82. The Morgan fingerprint density at radius 3 is 2.27 bits per heavy atom. The lowest BCUT2D eigenvalue weighted by molar-refractivity contribution is -0.112. The standard InChI is InChI=1S/C26H21Br2ClN2O5S/c1-4-35-23-13-17(11-18(14-30)26(32)31-24-20(27)9-16(3)10-21(24)28)12-22(29)25(23)36-37(33,34)19-7-5-15(2)6-8-19/h5-13H,4H2,1-3H3,(H,31,32)/b18-11+. The van der Waals surface area contributed by atoms with Crippen LogP contribution in [0, 0.1) is 25.2 Å². The van der Waals surface area contributed by atoms with Gasteiger partial charge in [-0.1, -0.05) is 29.3 Å². The first-order valence-corrected chi connectivity index (χ1v) is 14.2. The number of halogens is 3. The first-order valence-electron chi connectivity index (χ1n) is 10.8. The van der Waals surface area contributed by atoms with Gasteiger partial charge in [-0.15, -0.1) is 0 Å². The maximum Gasteiger partial charge on any atom is 0.339 e. The van der Waals surface area contributed by atoms with E-state index in [1.165, 1.54) is 30.3 Å². The van der Waals surface area contributed by atoms with Crippen molar-refractivity contribution in [2.45, 2.75) is 25.7 Å². The Morgan fingerprint density at radius 2 is 1.70 bits per heavy atom. The number of aryl methyl sites for hydroxylation is 2. The molecule has 0 aliphatic carbocycles. The SMILES string of the molecule is CCOc1cc(/C=C(\C#N)C(=O)Nc2c(Br)cc(C)cc2Br)cc(Cl)c1OS(=O)(=O)c1ccc(C)cc1. The number of hydrogen-bond donors (Lipinski definition) is 1. The molecule has 1 amide bonds. The summed E-state index contributed by atoms with van der Waals surface area (Å²) >= 11 is 13.2. The number of benzene rings is 3. The third-order valence-electron chi connectivity index (χ3n) is 4.94. The van der Waals surface area contributed by atoms with E-state index >= 15 is 0 Å². The zero-order valence-corrected chi connectivity index (χ0v) is 24.7. The van der Waals surface area contributed by atoms with Crippen LogP contribution >= 0.6 is 43.5 Å². The van der Waals surface area contributed by atoms with Crippen molar-refractivity contribution in [2.75, 3.05) is 11.9 Å². The van der Waals surface area contributed by atoms with Gasteiger partial charge in [0.05, 0.1) is 17.3 Å². The maximum absolute atomic E-state index is 12.9. The Balaban J connectivity index is 1.96. The highest BCUT2D eigenvalue weighted by Gasteiger charge is 2.23. The van der Waals surface area contributed by atoms with E-state index in [9.17, 15) is 18.5 Å². The number of amides is 1. The van der Waals surface area contributed by atoms with Gasteiger partial charge in [0, 0.05) is 8.95 Å². The molecule has 0 aliphatic heterocycles. The fraction of sp³-hybridized carbons (Fsp3) is 0.154. The van der Waals surface area contributed by atoms with Gasteiger partial charge < -0.3 is 14.2 Å². The van der Waals surface area contributed by atoms with Crippen LogP contribution in [0.25, 0.3) is 6.08 Å². The molecule has 0 saturated heterocycles. The van der Waals surface area contributed by atoms with Crippen LogP contribution in [0.5, 0.6) is 11.5 Å². The third kappa shape index (κ3) is 7.14. The molecule has 0 heterocycles. The number of nitrogens with zero attached hydrogens (tertiary/aromatic N) is 1. The van der Waals surface area contributed by atoms with Gasteiger partial charge in [-0.05, 0) is 106 Å². The minimum atomic E-state index is -4.20. The van der Waals surface area contributed by atoms with Crippen molar-refractivity contribution in [3.8, 4) is 17.6 Å². The lowest BCUT2D eigenvalue weighted by Crippen LogP contribution is -2.14. The first kappa shape index (κ1) is 28.7. The molecule has 0 unspecified atom stereocenters. The predicted molar refractivity (Wildman–Crippen MR) is 150 cm³/mol. The molecule has 0 spiro atoms. The Bertz CT molecular complexity index is 1510. The minimum Gasteiger partial charge on any atom is -0.490 e. The normalized spacial score (nSPS) is 11.5. The molecule has 11 heteroatoms. The fourth-order valence-electron chi connectivity index (χ4n) is 3.19. The van der Waals surface area contributed by atoms with Crippen LogP contribution in [0.2, 0.25) is 5.02 Å². The molecule has 0 radical (unpaired) electrons. The highest BCUT2D eigenvalue weighted by molar-refractivity contribution is 9.11. The first-order chi connectivity index (χ1) is 17.4. The monoisotopic (exact) mass is 666 g/mol. The third-order valence-corrected chi connectivity index (χ3v) is 7.70. The molecule has 192 valence electrons. The van der Waals surface area contributed by atoms with E-state index in [0.717, 1.165) is 11.1 Å². The van der Waals surface area contributed by atoms with Gasteiger partial charge in [0.1, 0.15) is 16.5 Å². The van der Waals surface area contributed by atoms with Crippen molar-refractivity contribution in [2.24, 2.45) is 0 Å². The number of nitriles is 1. The number of carbonyl (C=O) groups excluding carboxylic acids is 1. The summed E-state index contributed by atoms with van der Waals surface area (Å²) < 4.78 is 37.8. The topological polar surface area (TPSA) is 105 Å². The molecule has 0 fully saturated rings. The van der Waals surface area contributed by atoms with E-state index in [4.69, 9.17) is 20.5 Å². The van der Waals surface area contributed by atoms with Crippen molar-refractivity contribution < 1.29 is 22.1 Å². The van der Waals surface area contributed by atoms with Gasteiger partial charge in [0.2, 0.25) is 5.75 Å². The van der Waals surface area contributed by atoms with Crippen LogP contribution in [0.15, 0.2) is 67.9 Å². The average molecular weight is 669 g/mol. The molecule has 0 aliphatic rings. The summed E-state index contributed by atoms with van der Waals surface area (Å²) in [7, 11) is -4.20. The molecule has 0 bridgehead atoms. The Morgan fingerprint density at radius 1 is 1.08 bits per heavy atom. The number of hydrogen-bond acceptors (Lipinski definition) is 6. The Hall–Kier alpha value is -2.84. The van der Waals surface area contributed by atoms with Gasteiger partial charge in [0.15, 0.2) is 5.75 Å². The lowest BCUT2D eigenvalue weighted by Gasteiger charge is -2.15. The Labute approximate surface area is 237 Å². The Kier molecular flexibility index (Phi) is 9.42. The smallest absolute Gasteiger partial charge is 0.339 e. The van der Waals surface area contributed by atoms with Gasteiger partial charge >= 0.3 is 10.1 Å². The van der Waals surface area contributed by atoms with E-state index < -0.39 is 16.0 Å². The molecule has 0 atom stereocenters. The minimum absolute atomic E-state index is 0.0404. The summed E-state index contributed by atoms with van der Waals surface area (Å²) in [5.41, 5.74) is 2.45. The quantitative estimate of drug-likeness (QED) is 0.155. The van der Waals surface area contributed by atoms with Gasteiger partial charge in [-0.2, -0.15) is 13.7 Å². The van der Waals surface area contributed by atoms with E-state index in [1.54, 1.807) is 19.1 Å². The van der Waals surface area contributed by atoms with Gasteiger partial charge in [-0.25, -0.2) is 0 Å². The zero-order valence-electron chi connectivity index (χ0n) is 19.9. The van der Waals surface area contributed by atoms with Crippen molar-refractivity contribution >= 4 is 71.2 Å². The molecule has 0 aromatic heterocycles. The van der Waals surface area contributed by atoms with E-state index in [1.807, 2.05) is 32.0 Å². The second-order valence-corrected chi connectivity index (χ2v) is 11.5. The fourth-order valence-corrected chi connectivity index (χ4v) is 6.07. The van der Waals surface area contributed by atoms with Crippen LogP contribution in [0.1, 0.15) is 23.6 Å². The zero-order chi connectivity index (χ0) is 27.3. The summed E-state index contributed by atoms with van der Waals surface area (Å²) in [5, 5.41) is 12.3. The summed E-state index contributed by atoms with van der Waals surface area (Å²) in [5.74, 6) is -0.806. The van der Waals surface area contributed by atoms with Crippen LogP contribution < -0.4 is 14.2 Å². The molecule has 3 aromatic carbocycles. The molecule has 37 heavy (non-hydrogen) atoms. The van der Waals surface area contributed by atoms with Crippen molar-refractivity contribution in [3.05, 3.63) is 84.8 Å². The molecule has 0 saturated carbocycles. The number of anilines is 1. The van der Waals surface area contributed by atoms with Crippen LogP contribution in [0.3, 0.4) is 0 Å². The van der Waals surface area contributed by atoms with Crippen LogP contribution in [-0.2, 0) is 14.9 Å². The summed E-state index contributed by atoms with van der Waals surface area (Å²) in [6.07, 6.45) is 1.32. The van der Waals surface area contributed by atoms with Gasteiger partial charge in [0.25, 0.3) is 5.91 Å². The van der Waals surface area contributed by atoms with Crippen LogP contribution in [-0.4, -0.2) is 20.9 Å². The lowest BCUT2D eigenvalue weighted by atomic mass is 10.1. The van der Waals surface area contributed by atoms with Crippen molar-refractivity contribution in [3.63, 3.8) is 0 Å². The molecule has 1 N–H and O–H groups in total.